The molecule has 132 valence electrons. The first-order valence-corrected chi connectivity index (χ1v) is 8.28. The second-order valence-corrected chi connectivity index (χ2v) is 6.80. The minimum Gasteiger partial charge on any atom is -0.493 e. The van der Waals surface area contributed by atoms with Crippen LogP contribution in [0.2, 0.25) is 0 Å². The highest BCUT2D eigenvalue weighted by molar-refractivity contribution is 6.07. The van der Waals surface area contributed by atoms with E-state index in [-0.39, 0.29) is 11.5 Å². The molecule has 1 saturated carbocycles. The van der Waals surface area contributed by atoms with Crippen molar-refractivity contribution < 1.29 is 22.6 Å². The molecule has 1 fully saturated rings. The number of hydrogen-bond acceptors (Lipinski definition) is 3. The van der Waals surface area contributed by atoms with Gasteiger partial charge in [0.05, 0.1) is 19.1 Å². The van der Waals surface area contributed by atoms with Gasteiger partial charge in [-0.3, -0.25) is 0 Å². The van der Waals surface area contributed by atoms with Crippen LogP contribution in [0.1, 0.15) is 43.2 Å². The highest BCUT2D eigenvalue weighted by atomic mass is 19.4. The van der Waals surface area contributed by atoms with Crippen molar-refractivity contribution in [3.63, 3.8) is 0 Å². The predicted molar refractivity (Wildman–Crippen MR) is 84.8 cm³/mol. The Kier molecular flexibility index (Phi) is 4.60. The summed E-state index contributed by atoms with van der Waals surface area (Å²) in [5.74, 6) is 0.408. The molecule has 0 amide bonds. The standard InChI is InChI=1S/C18H22F3NO2/c1-23-13-4-6-17(7-5-13)11-12-2-3-14(10-15(12)16(17)22)24-9-8-18(19,20)21/h2-3,10,13,22H,4-9,11H2,1H3. The van der Waals surface area contributed by atoms with E-state index in [4.69, 9.17) is 14.9 Å². The first-order chi connectivity index (χ1) is 11.3. The van der Waals surface area contributed by atoms with Crippen LogP contribution in [0.15, 0.2) is 18.2 Å². The van der Waals surface area contributed by atoms with Crippen molar-refractivity contribution in [3.8, 4) is 5.75 Å². The Labute approximate surface area is 139 Å². The number of fused-ring (bicyclic) bond motifs is 1. The average molecular weight is 341 g/mol. The number of ether oxygens (including phenoxy) is 2. The molecule has 1 N–H and O–H groups in total. The monoisotopic (exact) mass is 341 g/mol. The molecule has 3 rings (SSSR count). The molecule has 1 aromatic rings. The SMILES string of the molecule is COC1CCC2(CC1)Cc1ccc(OCCC(F)(F)F)cc1C2=N. The van der Waals surface area contributed by atoms with E-state index in [9.17, 15) is 13.2 Å². The molecule has 2 aliphatic carbocycles. The lowest BCUT2D eigenvalue weighted by molar-refractivity contribution is -0.139. The second-order valence-electron chi connectivity index (χ2n) is 6.80. The van der Waals surface area contributed by atoms with Crippen LogP contribution in [0.4, 0.5) is 13.2 Å². The fourth-order valence-corrected chi connectivity index (χ4v) is 3.86. The maximum atomic E-state index is 12.2. The van der Waals surface area contributed by atoms with Gasteiger partial charge in [-0.25, -0.2) is 0 Å². The van der Waals surface area contributed by atoms with Crippen LogP contribution in [0.5, 0.6) is 5.75 Å². The van der Waals surface area contributed by atoms with E-state index >= 15 is 0 Å². The number of rotatable bonds is 4. The minimum atomic E-state index is -4.21. The number of nitrogens with one attached hydrogen (secondary N) is 1. The summed E-state index contributed by atoms with van der Waals surface area (Å²) in [7, 11) is 1.72. The predicted octanol–water partition coefficient (Wildman–Crippen LogP) is 4.52. The van der Waals surface area contributed by atoms with Crippen LogP contribution in [0.25, 0.3) is 0 Å². The van der Waals surface area contributed by atoms with Gasteiger partial charge in [-0.05, 0) is 49.8 Å². The van der Waals surface area contributed by atoms with Crippen LogP contribution in [-0.4, -0.2) is 31.7 Å². The van der Waals surface area contributed by atoms with Gasteiger partial charge in [0.2, 0.25) is 0 Å². The maximum Gasteiger partial charge on any atom is 0.392 e. The number of alkyl halides is 3. The molecule has 0 bridgehead atoms. The second kappa shape index (κ2) is 6.39. The summed E-state index contributed by atoms with van der Waals surface area (Å²) >= 11 is 0. The van der Waals surface area contributed by atoms with E-state index in [2.05, 4.69) is 0 Å². The van der Waals surface area contributed by atoms with E-state index in [0.717, 1.165) is 43.2 Å². The summed E-state index contributed by atoms with van der Waals surface area (Å²) in [6.45, 7) is -0.393. The van der Waals surface area contributed by atoms with Crippen molar-refractivity contribution in [2.24, 2.45) is 5.41 Å². The number of methoxy groups -OCH3 is 1. The van der Waals surface area contributed by atoms with Crippen molar-refractivity contribution in [1.29, 1.82) is 5.41 Å². The van der Waals surface area contributed by atoms with Crippen molar-refractivity contribution in [1.82, 2.24) is 0 Å². The molecular formula is C18H22F3NO2. The summed E-state index contributed by atoms with van der Waals surface area (Å²) in [6, 6.07) is 5.33. The first-order valence-electron chi connectivity index (χ1n) is 8.28. The van der Waals surface area contributed by atoms with Gasteiger partial charge in [0, 0.05) is 23.8 Å². The lowest BCUT2D eigenvalue weighted by atomic mass is 9.70. The third-order valence-electron chi connectivity index (χ3n) is 5.29. The molecule has 24 heavy (non-hydrogen) atoms. The molecule has 0 aromatic heterocycles. The Morgan fingerprint density at radius 2 is 1.96 bits per heavy atom. The maximum absolute atomic E-state index is 12.2. The molecular weight excluding hydrogens is 319 g/mol. The van der Waals surface area contributed by atoms with Crippen molar-refractivity contribution in [3.05, 3.63) is 29.3 Å². The normalized spacial score (nSPS) is 26.7. The molecule has 6 heteroatoms. The topological polar surface area (TPSA) is 42.3 Å². The van der Waals surface area contributed by atoms with Crippen molar-refractivity contribution in [2.75, 3.05) is 13.7 Å². The number of halogens is 3. The number of benzene rings is 1. The Balaban J connectivity index is 1.69. The molecule has 1 spiro atoms. The molecule has 0 aliphatic heterocycles. The first kappa shape index (κ1) is 17.3. The van der Waals surface area contributed by atoms with Crippen LogP contribution in [0, 0.1) is 10.8 Å². The zero-order valence-electron chi connectivity index (χ0n) is 13.7. The fourth-order valence-electron chi connectivity index (χ4n) is 3.86. The summed E-state index contributed by atoms with van der Waals surface area (Å²) < 4.78 is 47.3. The van der Waals surface area contributed by atoms with Crippen LogP contribution >= 0.6 is 0 Å². The van der Waals surface area contributed by atoms with Crippen molar-refractivity contribution in [2.45, 2.75) is 50.8 Å². The quantitative estimate of drug-likeness (QED) is 0.875. The molecule has 0 unspecified atom stereocenters. The van der Waals surface area contributed by atoms with Gasteiger partial charge in [-0.1, -0.05) is 6.07 Å². The summed E-state index contributed by atoms with van der Waals surface area (Å²) in [6.07, 6.45) is -0.345. The van der Waals surface area contributed by atoms with E-state index in [1.165, 1.54) is 0 Å². The summed E-state index contributed by atoms with van der Waals surface area (Å²) in [4.78, 5) is 0. The third kappa shape index (κ3) is 3.43. The summed E-state index contributed by atoms with van der Waals surface area (Å²) in [5, 5.41) is 8.59. The van der Waals surface area contributed by atoms with Gasteiger partial charge in [-0.2, -0.15) is 13.2 Å². The Morgan fingerprint density at radius 3 is 2.58 bits per heavy atom. The van der Waals surface area contributed by atoms with Gasteiger partial charge in [0.1, 0.15) is 5.75 Å². The van der Waals surface area contributed by atoms with Crippen molar-refractivity contribution >= 4 is 5.71 Å². The zero-order chi connectivity index (χ0) is 17.4. The third-order valence-corrected chi connectivity index (χ3v) is 5.29. The van der Waals surface area contributed by atoms with E-state index in [1.54, 1.807) is 19.2 Å². The summed E-state index contributed by atoms with van der Waals surface area (Å²) in [5.41, 5.74) is 2.39. The average Bonchev–Trinajstić information content (AvgIpc) is 2.80. The molecule has 3 nitrogen and oxygen atoms in total. The van der Waals surface area contributed by atoms with E-state index in [0.29, 0.717) is 11.5 Å². The van der Waals surface area contributed by atoms with Gasteiger partial charge in [0.25, 0.3) is 0 Å². The van der Waals surface area contributed by atoms with Crippen LogP contribution in [0.3, 0.4) is 0 Å². The molecule has 0 atom stereocenters. The molecule has 0 radical (unpaired) electrons. The minimum absolute atomic E-state index is 0.137. The van der Waals surface area contributed by atoms with Gasteiger partial charge < -0.3 is 14.9 Å². The highest BCUT2D eigenvalue weighted by Gasteiger charge is 2.44. The van der Waals surface area contributed by atoms with Gasteiger partial charge >= 0.3 is 6.18 Å². The Bertz CT molecular complexity index is 619. The highest BCUT2D eigenvalue weighted by Crippen LogP contribution is 2.48. The van der Waals surface area contributed by atoms with Gasteiger partial charge in [-0.15, -0.1) is 0 Å². The van der Waals surface area contributed by atoms with Crippen LogP contribution < -0.4 is 4.74 Å². The molecule has 0 saturated heterocycles. The van der Waals surface area contributed by atoms with Gasteiger partial charge in [0.15, 0.2) is 0 Å². The molecule has 2 aliphatic rings. The fraction of sp³-hybridized carbons (Fsp3) is 0.611. The smallest absolute Gasteiger partial charge is 0.392 e. The molecule has 0 heterocycles. The molecule has 1 aromatic carbocycles. The lowest BCUT2D eigenvalue weighted by Gasteiger charge is -2.36. The largest absolute Gasteiger partial charge is 0.493 e. The lowest BCUT2D eigenvalue weighted by Crippen LogP contribution is -2.35. The zero-order valence-corrected chi connectivity index (χ0v) is 13.7. The van der Waals surface area contributed by atoms with Crippen LogP contribution in [-0.2, 0) is 11.2 Å². The number of hydrogen-bond donors (Lipinski definition) is 1. The Morgan fingerprint density at radius 1 is 1.25 bits per heavy atom. The van der Waals surface area contributed by atoms with E-state index in [1.807, 2.05) is 6.07 Å². The van der Waals surface area contributed by atoms with E-state index < -0.39 is 19.2 Å². The Hall–Kier alpha value is -1.56.